The van der Waals surface area contributed by atoms with Crippen molar-refractivity contribution in [3.63, 3.8) is 0 Å². The fourth-order valence-electron chi connectivity index (χ4n) is 1.48. The van der Waals surface area contributed by atoms with Crippen LogP contribution >= 0.6 is 0 Å². The zero-order chi connectivity index (χ0) is 13.0. The van der Waals surface area contributed by atoms with Crippen LogP contribution in [0.25, 0.3) is 0 Å². The highest BCUT2D eigenvalue weighted by Gasteiger charge is 2.02. The van der Waals surface area contributed by atoms with E-state index in [0.29, 0.717) is 12.5 Å². The van der Waals surface area contributed by atoms with Crippen molar-refractivity contribution in [3.05, 3.63) is 53.3 Å². The van der Waals surface area contributed by atoms with Crippen LogP contribution in [0, 0.1) is 6.92 Å². The first-order valence-corrected chi connectivity index (χ1v) is 5.51. The Morgan fingerprint density at radius 2 is 2.00 bits per heavy atom. The second-order valence-electron chi connectivity index (χ2n) is 3.88. The molecule has 5 heteroatoms. The lowest BCUT2D eigenvalue weighted by molar-refractivity contribution is 0.0697. The van der Waals surface area contributed by atoms with E-state index in [4.69, 9.17) is 5.11 Å². The summed E-state index contributed by atoms with van der Waals surface area (Å²) >= 11 is 0. The number of aromatic nitrogens is 2. The van der Waals surface area contributed by atoms with E-state index in [-0.39, 0.29) is 5.56 Å². The molecule has 92 valence electrons. The molecule has 0 spiro atoms. The van der Waals surface area contributed by atoms with Crippen LogP contribution in [-0.4, -0.2) is 21.0 Å². The quantitative estimate of drug-likeness (QED) is 0.860. The summed E-state index contributed by atoms with van der Waals surface area (Å²) in [6.07, 6.45) is 1.69. The van der Waals surface area contributed by atoms with Crippen LogP contribution in [0.5, 0.6) is 0 Å². The molecule has 0 saturated heterocycles. The third kappa shape index (κ3) is 3.04. The van der Waals surface area contributed by atoms with Crippen LogP contribution in [0.3, 0.4) is 0 Å². The minimum absolute atomic E-state index is 0.283. The number of aromatic carboxylic acids is 1. The molecule has 1 aromatic carbocycles. The lowest BCUT2D eigenvalue weighted by Gasteiger charge is -2.05. The van der Waals surface area contributed by atoms with Gasteiger partial charge in [-0.3, -0.25) is 0 Å². The van der Waals surface area contributed by atoms with Gasteiger partial charge in [0, 0.05) is 18.4 Å². The maximum atomic E-state index is 10.7. The van der Waals surface area contributed by atoms with Crippen molar-refractivity contribution in [3.8, 4) is 0 Å². The summed E-state index contributed by atoms with van der Waals surface area (Å²) in [5.74, 6) is -0.353. The van der Waals surface area contributed by atoms with Gasteiger partial charge in [0.25, 0.3) is 0 Å². The summed E-state index contributed by atoms with van der Waals surface area (Å²) in [5.41, 5.74) is 2.16. The van der Waals surface area contributed by atoms with Crippen LogP contribution in [-0.2, 0) is 6.54 Å². The minimum atomic E-state index is -0.920. The van der Waals surface area contributed by atoms with Crippen molar-refractivity contribution in [1.29, 1.82) is 0 Å². The number of benzene rings is 1. The number of hydrogen-bond donors (Lipinski definition) is 2. The van der Waals surface area contributed by atoms with E-state index in [2.05, 4.69) is 15.3 Å². The van der Waals surface area contributed by atoms with Gasteiger partial charge in [-0.15, -0.1) is 0 Å². The first-order chi connectivity index (χ1) is 8.65. The van der Waals surface area contributed by atoms with Crippen LogP contribution < -0.4 is 5.32 Å². The number of carboxylic acid groups (broad SMARTS) is 1. The molecule has 0 amide bonds. The predicted octanol–water partition coefficient (Wildman–Crippen LogP) is 2.10. The first kappa shape index (κ1) is 12.0. The predicted molar refractivity (Wildman–Crippen MR) is 67.5 cm³/mol. The first-order valence-electron chi connectivity index (χ1n) is 5.51. The largest absolute Gasteiger partial charge is 0.478 e. The molecule has 18 heavy (non-hydrogen) atoms. The minimum Gasteiger partial charge on any atom is -0.478 e. The van der Waals surface area contributed by atoms with Crippen LogP contribution in [0.1, 0.15) is 21.6 Å². The summed E-state index contributed by atoms with van der Waals surface area (Å²) in [7, 11) is 0. The Bertz CT molecular complexity index is 552. The van der Waals surface area contributed by atoms with Crippen molar-refractivity contribution in [1.82, 2.24) is 9.97 Å². The van der Waals surface area contributed by atoms with Crippen LogP contribution in [0.2, 0.25) is 0 Å². The topological polar surface area (TPSA) is 75.1 Å². The van der Waals surface area contributed by atoms with E-state index >= 15 is 0 Å². The molecule has 0 unspecified atom stereocenters. The highest BCUT2D eigenvalue weighted by molar-refractivity contribution is 5.87. The molecule has 0 saturated carbocycles. The Morgan fingerprint density at radius 1 is 1.28 bits per heavy atom. The van der Waals surface area contributed by atoms with E-state index in [1.54, 1.807) is 30.5 Å². The fourth-order valence-corrected chi connectivity index (χ4v) is 1.48. The van der Waals surface area contributed by atoms with Gasteiger partial charge in [-0.05, 0) is 30.7 Å². The summed E-state index contributed by atoms with van der Waals surface area (Å²) in [5, 5.41) is 11.9. The Kier molecular flexibility index (Phi) is 3.52. The van der Waals surface area contributed by atoms with E-state index in [9.17, 15) is 4.79 Å². The number of carboxylic acids is 1. The Labute approximate surface area is 105 Å². The summed E-state index contributed by atoms with van der Waals surface area (Å²) in [4.78, 5) is 19.0. The van der Waals surface area contributed by atoms with Gasteiger partial charge in [0.2, 0.25) is 5.95 Å². The summed E-state index contributed by atoms with van der Waals surface area (Å²) in [6.45, 7) is 2.46. The monoisotopic (exact) mass is 243 g/mol. The normalized spacial score (nSPS) is 10.1. The highest BCUT2D eigenvalue weighted by Crippen LogP contribution is 2.07. The smallest absolute Gasteiger partial charge is 0.335 e. The SMILES string of the molecule is Cc1ccnc(NCc2ccc(C(=O)O)cc2)n1. The molecule has 0 fully saturated rings. The van der Waals surface area contributed by atoms with Crippen molar-refractivity contribution < 1.29 is 9.90 Å². The third-order valence-electron chi connectivity index (χ3n) is 2.45. The molecule has 5 nitrogen and oxygen atoms in total. The van der Waals surface area contributed by atoms with Crippen molar-refractivity contribution in [2.75, 3.05) is 5.32 Å². The number of nitrogens with zero attached hydrogens (tertiary/aromatic N) is 2. The molecule has 2 aromatic rings. The summed E-state index contributed by atoms with van der Waals surface area (Å²) in [6, 6.07) is 8.53. The molecule has 0 aliphatic heterocycles. The number of rotatable bonds is 4. The molecular weight excluding hydrogens is 230 g/mol. The van der Waals surface area contributed by atoms with E-state index in [0.717, 1.165) is 11.3 Å². The highest BCUT2D eigenvalue weighted by atomic mass is 16.4. The average Bonchev–Trinajstić information content (AvgIpc) is 2.37. The van der Waals surface area contributed by atoms with Crippen molar-refractivity contribution >= 4 is 11.9 Å². The lowest BCUT2D eigenvalue weighted by Crippen LogP contribution is -2.04. The maximum Gasteiger partial charge on any atom is 0.335 e. The van der Waals surface area contributed by atoms with Gasteiger partial charge in [0.15, 0.2) is 0 Å². The molecule has 2 N–H and O–H groups in total. The molecule has 0 aliphatic rings. The van der Waals surface area contributed by atoms with Crippen molar-refractivity contribution in [2.24, 2.45) is 0 Å². The van der Waals surface area contributed by atoms with Gasteiger partial charge in [-0.1, -0.05) is 12.1 Å². The number of aryl methyl sites for hydroxylation is 1. The maximum absolute atomic E-state index is 10.7. The number of anilines is 1. The molecular formula is C13H13N3O2. The van der Waals surface area contributed by atoms with Crippen molar-refractivity contribution in [2.45, 2.75) is 13.5 Å². The van der Waals surface area contributed by atoms with Gasteiger partial charge in [0.1, 0.15) is 0 Å². The summed E-state index contributed by atoms with van der Waals surface area (Å²) < 4.78 is 0. The van der Waals surface area contributed by atoms with Gasteiger partial charge in [-0.25, -0.2) is 14.8 Å². The second kappa shape index (κ2) is 5.27. The zero-order valence-corrected chi connectivity index (χ0v) is 9.92. The fraction of sp³-hybridized carbons (Fsp3) is 0.154. The van der Waals surface area contributed by atoms with E-state index in [1.165, 1.54) is 0 Å². The van der Waals surface area contributed by atoms with Gasteiger partial charge >= 0.3 is 5.97 Å². The lowest BCUT2D eigenvalue weighted by atomic mass is 10.1. The van der Waals surface area contributed by atoms with E-state index < -0.39 is 5.97 Å². The van der Waals surface area contributed by atoms with Gasteiger partial charge in [-0.2, -0.15) is 0 Å². The Hall–Kier alpha value is -2.43. The van der Waals surface area contributed by atoms with Crippen LogP contribution in [0.4, 0.5) is 5.95 Å². The average molecular weight is 243 g/mol. The number of carbonyl (C=O) groups is 1. The van der Waals surface area contributed by atoms with Gasteiger partial charge in [0.05, 0.1) is 5.56 Å². The molecule has 0 radical (unpaired) electrons. The second-order valence-corrected chi connectivity index (χ2v) is 3.88. The number of hydrogen-bond acceptors (Lipinski definition) is 4. The standard InChI is InChI=1S/C13H13N3O2/c1-9-6-7-14-13(16-9)15-8-10-2-4-11(5-3-10)12(17)18/h2-7H,8H2,1H3,(H,17,18)(H,14,15,16). The van der Waals surface area contributed by atoms with E-state index in [1.807, 2.05) is 13.0 Å². The third-order valence-corrected chi connectivity index (χ3v) is 2.45. The molecule has 0 aliphatic carbocycles. The molecule has 2 rings (SSSR count). The molecule has 0 atom stereocenters. The Balaban J connectivity index is 2.00. The van der Waals surface area contributed by atoms with Gasteiger partial charge < -0.3 is 10.4 Å². The van der Waals surface area contributed by atoms with Crippen LogP contribution in [0.15, 0.2) is 36.5 Å². The zero-order valence-electron chi connectivity index (χ0n) is 9.92. The molecule has 1 heterocycles. The molecule has 0 bridgehead atoms. The number of nitrogens with one attached hydrogen (secondary N) is 1. The Morgan fingerprint density at radius 3 is 2.61 bits per heavy atom. The molecule has 1 aromatic heterocycles.